The van der Waals surface area contributed by atoms with Crippen molar-refractivity contribution in [3.63, 3.8) is 0 Å². The molecule has 1 heterocycles. The molecule has 0 saturated carbocycles. The van der Waals surface area contributed by atoms with Gasteiger partial charge in [0.15, 0.2) is 0 Å². The average molecular weight is 704 g/mol. The number of aryl methyl sites for hydroxylation is 3. The molecule has 0 saturated heterocycles. The first-order valence-corrected chi connectivity index (χ1v) is 19.1. The molecule has 0 aromatic heterocycles. The molecule has 0 aliphatic carbocycles. The minimum Gasteiger partial charge on any atom is -0.507 e. The zero-order chi connectivity index (χ0) is 37.6. The van der Waals surface area contributed by atoms with Crippen LogP contribution in [0, 0.1) is 13.8 Å². The SMILES string of the molecule is Cc1cc2c(c(C(C)(C)C)c1)OP(OCCN(C)C(=O)CCc1cc(C(C)(C)C)c(O)c(C(C)(C)C)c1)Oc1c(cc(C)cc1C(C)(C)C)C2. The van der Waals surface area contributed by atoms with Gasteiger partial charge in [0, 0.05) is 37.6 Å². The van der Waals surface area contributed by atoms with Crippen molar-refractivity contribution in [3.05, 3.63) is 86.5 Å². The third-order valence-electron chi connectivity index (χ3n) is 9.41. The monoisotopic (exact) mass is 703 g/mol. The minimum absolute atomic E-state index is 0.0373. The first-order valence-electron chi connectivity index (χ1n) is 18.0. The van der Waals surface area contributed by atoms with E-state index in [2.05, 4.69) is 133 Å². The number of rotatable bonds is 7. The van der Waals surface area contributed by atoms with Crippen molar-refractivity contribution in [2.45, 2.75) is 138 Å². The second-order valence-corrected chi connectivity index (χ2v) is 19.4. The summed E-state index contributed by atoms with van der Waals surface area (Å²) in [6.45, 7) is 30.8. The van der Waals surface area contributed by atoms with Gasteiger partial charge >= 0.3 is 8.60 Å². The first-order chi connectivity index (χ1) is 22.9. The van der Waals surface area contributed by atoms with Gasteiger partial charge in [-0.15, -0.1) is 0 Å². The fourth-order valence-corrected chi connectivity index (χ4v) is 7.62. The lowest BCUT2D eigenvalue weighted by molar-refractivity contribution is -0.130. The van der Waals surface area contributed by atoms with E-state index in [-0.39, 0.29) is 34.2 Å². The van der Waals surface area contributed by atoms with Crippen LogP contribution in [-0.2, 0) is 43.8 Å². The van der Waals surface area contributed by atoms with Crippen molar-refractivity contribution in [1.82, 2.24) is 4.90 Å². The summed E-state index contributed by atoms with van der Waals surface area (Å²) < 4.78 is 19.9. The number of hydrogen-bond donors (Lipinski definition) is 1. The van der Waals surface area contributed by atoms with Gasteiger partial charge in [0.1, 0.15) is 17.2 Å². The zero-order valence-corrected chi connectivity index (χ0v) is 34.4. The Morgan fingerprint density at radius 3 is 1.54 bits per heavy atom. The summed E-state index contributed by atoms with van der Waals surface area (Å²) in [5, 5.41) is 11.1. The number of nitrogens with zero attached hydrogens (tertiary/aromatic N) is 1. The molecule has 0 radical (unpaired) electrons. The van der Waals surface area contributed by atoms with Gasteiger partial charge in [-0.3, -0.25) is 9.32 Å². The third-order valence-corrected chi connectivity index (χ3v) is 10.5. The molecule has 274 valence electrons. The number of benzene rings is 3. The number of likely N-dealkylation sites (N-methyl/N-ethyl adjacent to an activating group) is 1. The predicted molar refractivity (Wildman–Crippen MR) is 208 cm³/mol. The van der Waals surface area contributed by atoms with Crippen molar-refractivity contribution >= 4 is 14.5 Å². The van der Waals surface area contributed by atoms with Crippen molar-refractivity contribution in [2.24, 2.45) is 0 Å². The highest BCUT2D eigenvalue weighted by Crippen LogP contribution is 2.52. The van der Waals surface area contributed by atoms with Crippen LogP contribution in [0.1, 0.15) is 140 Å². The second-order valence-electron chi connectivity index (χ2n) is 18.4. The lowest BCUT2D eigenvalue weighted by Crippen LogP contribution is -2.30. The Labute approximate surface area is 303 Å². The fourth-order valence-electron chi connectivity index (χ4n) is 6.52. The number of fused-ring (bicyclic) bond motifs is 2. The molecule has 0 spiro atoms. The highest BCUT2D eigenvalue weighted by molar-refractivity contribution is 7.42. The average Bonchev–Trinajstić information content (AvgIpc) is 2.95. The molecule has 3 aromatic carbocycles. The molecule has 0 bridgehead atoms. The van der Waals surface area contributed by atoms with Crippen molar-refractivity contribution < 1.29 is 23.5 Å². The number of carbonyl (C=O) groups is 1. The van der Waals surface area contributed by atoms with Crippen LogP contribution in [0.25, 0.3) is 0 Å². The van der Waals surface area contributed by atoms with E-state index in [0.29, 0.717) is 31.6 Å². The molecule has 0 fully saturated rings. The zero-order valence-electron chi connectivity index (χ0n) is 33.5. The molecule has 1 N–H and O–H groups in total. The van der Waals surface area contributed by atoms with E-state index in [1.54, 1.807) is 4.90 Å². The van der Waals surface area contributed by atoms with Crippen molar-refractivity contribution in [3.8, 4) is 17.2 Å². The smallest absolute Gasteiger partial charge is 0.463 e. The summed E-state index contributed by atoms with van der Waals surface area (Å²) in [4.78, 5) is 15.1. The van der Waals surface area contributed by atoms with Crippen LogP contribution in [0.4, 0.5) is 0 Å². The van der Waals surface area contributed by atoms with E-state index < -0.39 is 8.60 Å². The molecule has 1 aliphatic heterocycles. The molecule has 3 aromatic rings. The lowest BCUT2D eigenvalue weighted by atomic mass is 9.78. The number of phenols is 1. The second kappa shape index (κ2) is 14.5. The van der Waals surface area contributed by atoms with Gasteiger partial charge in [0.2, 0.25) is 5.91 Å². The predicted octanol–water partition coefficient (Wildman–Crippen LogP) is 10.9. The maximum atomic E-state index is 13.4. The molecule has 7 heteroatoms. The Balaban J connectivity index is 1.55. The van der Waals surface area contributed by atoms with Crippen LogP contribution >= 0.6 is 8.60 Å². The maximum absolute atomic E-state index is 13.4. The maximum Gasteiger partial charge on any atom is 0.463 e. The third kappa shape index (κ3) is 9.42. The summed E-state index contributed by atoms with van der Waals surface area (Å²) in [6, 6.07) is 13.0. The number of phenolic OH excluding ortho intramolecular Hbond substituents is 1. The standard InChI is InChI=1S/C43H62NO5P/c1-27-20-30-26-31-21-28(2)23-35(43(12,13)14)39(31)49-50(48-38(30)34(22-27)42(9,10)11)47-19-18-44(15)36(45)17-16-29-24-32(40(3,4)5)37(46)33(25-29)41(6,7)8/h20-25,46H,16-19,26H2,1-15H3. The Bertz CT molecular complexity index is 1610. The van der Waals surface area contributed by atoms with E-state index in [0.717, 1.165) is 50.4 Å². The molecule has 50 heavy (non-hydrogen) atoms. The number of amides is 1. The van der Waals surface area contributed by atoms with Gasteiger partial charge in [-0.2, -0.15) is 0 Å². The topological polar surface area (TPSA) is 68.2 Å². The van der Waals surface area contributed by atoms with Gasteiger partial charge in [-0.1, -0.05) is 131 Å². The molecule has 6 nitrogen and oxygen atoms in total. The summed E-state index contributed by atoms with van der Waals surface area (Å²) in [7, 11) is -0.00137. The summed E-state index contributed by atoms with van der Waals surface area (Å²) >= 11 is 0. The van der Waals surface area contributed by atoms with Gasteiger partial charge in [0.05, 0.1) is 6.61 Å². The number of hydrogen-bond acceptors (Lipinski definition) is 5. The van der Waals surface area contributed by atoms with Crippen molar-refractivity contribution in [1.29, 1.82) is 0 Å². The molecule has 0 atom stereocenters. The van der Waals surface area contributed by atoms with E-state index in [1.807, 2.05) is 7.05 Å². The largest absolute Gasteiger partial charge is 0.507 e. The molecule has 0 unspecified atom stereocenters. The quantitative estimate of drug-likeness (QED) is 0.248. The summed E-state index contributed by atoms with van der Waals surface area (Å²) in [5.41, 5.74) is 9.07. The molecule has 1 aliphatic rings. The van der Waals surface area contributed by atoms with E-state index in [1.165, 1.54) is 11.1 Å². The van der Waals surface area contributed by atoms with E-state index >= 15 is 0 Å². The van der Waals surface area contributed by atoms with Gasteiger partial charge in [-0.25, -0.2) is 0 Å². The van der Waals surface area contributed by atoms with Gasteiger partial charge in [0.25, 0.3) is 0 Å². The highest BCUT2D eigenvalue weighted by atomic mass is 31.2. The van der Waals surface area contributed by atoms with Crippen LogP contribution in [0.15, 0.2) is 36.4 Å². The summed E-state index contributed by atoms with van der Waals surface area (Å²) in [6.07, 6.45) is 1.66. The van der Waals surface area contributed by atoms with Crippen LogP contribution in [-0.4, -0.2) is 36.1 Å². The Morgan fingerprint density at radius 2 is 1.14 bits per heavy atom. The highest BCUT2D eigenvalue weighted by Gasteiger charge is 2.33. The van der Waals surface area contributed by atoms with Gasteiger partial charge < -0.3 is 19.1 Å². The molecular formula is C43H62NO5P. The fraction of sp³-hybridized carbons (Fsp3) is 0.558. The van der Waals surface area contributed by atoms with Crippen LogP contribution in [0.5, 0.6) is 17.2 Å². The normalized spacial score (nSPS) is 14.2. The molecule has 1 amide bonds. The Kier molecular flexibility index (Phi) is 11.5. The van der Waals surface area contributed by atoms with Crippen LogP contribution < -0.4 is 9.05 Å². The Morgan fingerprint density at radius 1 is 0.720 bits per heavy atom. The van der Waals surface area contributed by atoms with Crippen LogP contribution in [0.2, 0.25) is 0 Å². The summed E-state index contributed by atoms with van der Waals surface area (Å²) in [5.74, 6) is 2.06. The van der Waals surface area contributed by atoms with Crippen LogP contribution in [0.3, 0.4) is 0 Å². The molecule has 4 rings (SSSR count). The number of aromatic hydroxyl groups is 1. The minimum atomic E-state index is -1.82. The van der Waals surface area contributed by atoms with Crippen molar-refractivity contribution in [2.75, 3.05) is 20.2 Å². The first kappa shape index (κ1) is 39.7. The molecular weight excluding hydrogens is 641 g/mol. The lowest BCUT2D eigenvalue weighted by Gasteiger charge is -2.32. The number of carbonyl (C=O) groups excluding carboxylic acids is 1. The van der Waals surface area contributed by atoms with Gasteiger partial charge in [-0.05, 0) is 69.7 Å². The van der Waals surface area contributed by atoms with E-state index in [9.17, 15) is 9.90 Å². The van der Waals surface area contributed by atoms with E-state index in [4.69, 9.17) is 13.6 Å². The Hall–Kier alpha value is -3.08.